The van der Waals surface area contributed by atoms with Gasteiger partial charge in [-0.1, -0.05) is 60.7 Å². The minimum atomic E-state index is 0.0868. The van der Waals surface area contributed by atoms with Crippen molar-refractivity contribution in [1.82, 2.24) is 14.8 Å². The largest absolute Gasteiger partial charge is 0.354 e. The van der Waals surface area contributed by atoms with Crippen LogP contribution in [0.25, 0.3) is 0 Å². The van der Waals surface area contributed by atoms with Gasteiger partial charge in [-0.3, -0.25) is 9.69 Å². The molecule has 0 saturated heterocycles. The lowest BCUT2D eigenvalue weighted by Crippen LogP contribution is -2.43. The molecule has 1 atom stereocenters. The fourth-order valence-electron chi connectivity index (χ4n) is 4.10. The molecule has 1 aliphatic rings. The quantitative estimate of drug-likeness (QED) is 0.713. The van der Waals surface area contributed by atoms with E-state index in [0.717, 1.165) is 13.1 Å². The summed E-state index contributed by atoms with van der Waals surface area (Å²) in [7, 11) is 0. The average Bonchev–Trinajstić information content (AvgIpc) is 3.22. The number of nitrogens with one attached hydrogen (secondary N) is 1. The zero-order valence-corrected chi connectivity index (χ0v) is 16.3. The van der Waals surface area contributed by atoms with Gasteiger partial charge in [0.2, 0.25) is 5.91 Å². The van der Waals surface area contributed by atoms with Crippen molar-refractivity contribution >= 4 is 5.91 Å². The number of carbonyl (C=O) groups is 1. The summed E-state index contributed by atoms with van der Waals surface area (Å²) in [6.45, 7) is 5.05. The predicted molar refractivity (Wildman–Crippen MR) is 112 cm³/mol. The van der Waals surface area contributed by atoms with Crippen LogP contribution in [0.3, 0.4) is 0 Å². The van der Waals surface area contributed by atoms with Crippen molar-refractivity contribution in [3.63, 3.8) is 0 Å². The van der Waals surface area contributed by atoms with Crippen molar-refractivity contribution in [3.8, 4) is 0 Å². The van der Waals surface area contributed by atoms with Crippen LogP contribution in [0.5, 0.6) is 0 Å². The van der Waals surface area contributed by atoms with Crippen molar-refractivity contribution in [2.24, 2.45) is 0 Å². The summed E-state index contributed by atoms with van der Waals surface area (Å²) in [4.78, 5) is 15.0. The summed E-state index contributed by atoms with van der Waals surface area (Å²) in [5.41, 5.74) is 3.72. The van der Waals surface area contributed by atoms with Crippen LogP contribution in [-0.2, 0) is 11.3 Å². The first-order valence-corrected chi connectivity index (χ1v) is 9.98. The highest BCUT2D eigenvalue weighted by atomic mass is 16.2. The molecule has 3 aromatic rings. The molecule has 1 N–H and O–H groups in total. The molecule has 0 bridgehead atoms. The van der Waals surface area contributed by atoms with E-state index < -0.39 is 0 Å². The number of hydrogen-bond acceptors (Lipinski definition) is 2. The molecule has 2 heterocycles. The monoisotopic (exact) mass is 373 g/mol. The summed E-state index contributed by atoms with van der Waals surface area (Å²) >= 11 is 0. The minimum absolute atomic E-state index is 0.0868. The fourth-order valence-corrected chi connectivity index (χ4v) is 4.10. The van der Waals surface area contributed by atoms with E-state index in [0.29, 0.717) is 13.1 Å². The molecule has 4 nitrogen and oxygen atoms in total. The third-order valence-electron chi connectivity index (χ3n) is 5.72. The first kappa shape index (κ1) is 18.5. The highest BCUT2D eigenvalue weighted by molar-refractivity contribution is 5.78. The highest BCUT2D eigenvalue weighted by Gasteiger charge is 2.25. The molecular weight excluding hydrogens is 346 g/mol. The number of aromatic nitrogens is 1. The Morgan fingerprint density at radius 2 is 1.61 bits per heavy atom. The second kappa shape index (κ2) is 8.44. The van der Waals surface area contributed by atoms with Crippen LogP contribution in [0.2, 0.25) is 0 Å². The molecule has 4 rings (SSSR count). The average molecular weight is 374 g/mol. The van der Waals surface area contributed by atoms with E-state index in [9.17, 15) is 4.79 Å². The van der Waals surface area contributed by atoms with E-state index in [4.69, 9.17) is 0 Å². The topological polar surface area (TPSA) is 37.3 Å². The molecule has 28 heavy (non-hydrogen) atoms. The molecule has 1 aromatic heterocycles. The predicted octanol–water partition coefficient (Wildman–Crippen LogP) is 3.81. The third kappa shape index (κ3) is 4.02. The van der Waals surface area contributed by atoms with Crippen LogP contribution in [0.1, 0.15) is 35.7 Å². The maximum atomic E-state index is 12.7. The summed E-state index contributed by atoms with van der Waals surface area (Å²) in [6, 6.07) is 25.3. The highest BCUT2D eigenvalue weighted by Crippen LogP contribution is 2.25. The Bertz CT molecular complexity index is 864. The Labute approximate surface area is 166 Å². The Hall–Kier alpha value is -2.85. The second-order valence-corrected chi connectivity index (χ2v) is 7.45. The van der Waals surface area contributed by atoms with Gasteiger partial charge in [-0.25, -0.2) is 0 Å². The summed E-state index contributed by atoms with van der Waals surface area (Å²) in [5.74, 6) is 0.242. The molecule has 1 aliphatic heterocycles. The Balaban J connectivity index is 1.41. The number of amides is 1. The number of nitrogens with zero attached hydrogens (tertiary/aromatic N) is 2. The Morgan fingerprint density at radius 1 is 0.964 bits per heavy atom. The maximum absolute atomic E-state index is 12.7. The van der Waals surface area contributed by atoms with Crippen LogP contribution in [0.15, 0.2) is 79.0 Å². The van der Waals surface area contributed by atoms with E-state index in [1.807, 2.05) is 12.1 Å². The van der Waals surface area contributed by atoms with E-state index >= 15 is 0 Å². The number of hydrogen-bond donors (Lipinski definition) is 1. The van der Waals surface area contributed by atoms with Crippen LogP contribution in [0, 0.1) is 0 Å². The van der Waals surface area contributed by atoms with Crippen molar-refractivity contribution in [2.45, 2.75) is 25.4 Å². The molecule has 0 saturated carbocycles. The van der Waals surface area contributed by atoms with Gasteiger partial charge in [0.25, 0.3) is 0 Å². The van der Waals surface area contributed by atoms with Gasteiger partial charge in [-0.05, 0) is 30.2 Å². The van der Waals surface area contributed by atoms with Crippen molar-refractivity contribution < 1.29 is 4.79 Å². The lowest BCUT2D eigenvalue weighted by molar-refractivity contribution is -0.123. The van der Waals surface area contributed by atoms with Gasteiger partial charge < -0.3 is 9.88 Å². The van der Waals surface area contributed by atoms with Crippen LogP contribution < -0.4 is 5.32 Å². The molecule has 2 aromatic carbocycles. The summed E-state index contributed by atoms with van der Waals surface area (Å²) in [5, 5.41) is 3.18. The number of carbonyl (C=O) groups excluding carboxylic acids is 1. The number of fused-ring (bicyclic) bond motifs is 1. The van der Waals surface area contributed by atoms with Gasteiger partial charge in [0, 0.05) is 43.5 Å². The molecule has 1 amide bonds. The first-order valence-electron chi connectivity index (χ1n) is 9.98. The summed E-state index contributed by atoms with van der Waals surface area (Å²) in [6.07, 6.45) is 2.12. The van der Waals surface area contributed by atoms with Crippen molar-refractivity contribution in [3.05, 3.63) is 95.8 Å². The van der Waals surface area contributed by atoms with E-state index in [2.05, 4.69) is 88.6 Å². The third-order valence-corrected chi connectivity index (χ3v) is 5.72. The van der Waals surface area contributed by atoms with Crippen LogP contribution >= 0.6 is 0 Å². The van der Waals surface area contributed by atoms with E-state index in [1.165, 1.54) is 16.8 Å². The van der Waals surface area contributed by atoms with E-state index in [1.54, 1.807) is 0 Å². The first-order chi connectivity index (χ1) is 13.7. The lowest BCUT2D eigenvalue weighted by atomic mass is 9.91. The second-order valence-electron chi connectivity index (χ2n) is 7.45. The Kier molecular flexibility index (Phi) is 5.58. The molecule has 0 fully saturated rings. The minimum Gasteiger partial charge on any atom is -0.354 e. The number of benzene rings is 2. The van der Waals surface area contributed by atoms with Crippen molar-refractivity contribution in [2.75, 3.05) is 19.6 Å². The van der Waals surface area contributed by atoms with Gasteiger partial charge in [0.1, 0.15) is 0 Å². The normalized spacial score (nSPS) is 16.7. The zero-order valence-electron chi connectivity index (χ0n) is 16.3. The van der Waals surface area contributed by atoms with Crippen molar-refractivity contribution in [1.29, 1.82) is 0 Å². The molecular formula is C24H27N3O. The number of rotatable bonds is 6. The van der Waals surface area contributed by atoms with E-state index in [-0.39, 0.29) is 17.9 Å². The fraction of sp³-hybridized carbons (Fsp3) is 0.292. The zero-order chi connectivity index (χ0) is 19.3. The molecule has 144 valence electrons. The van der Waals surface area contributed by atoms with Gasteiger partial charge in [-0.2, -0.15) is 0 Å². The standard InChI is InChI=1S/C24H27N3O/c1-19-23-13-8-14-26(23)15-16-27(19)18-24(28)25-17-22(20-9-4-2-5-10-20)21-11-6-3-7-12-21/h2-14,19,22H,15-18H2,1H3,(H,25,28). The molecule has 0 aliphatic carbocycles. The lowest BCUT2D eigenvalue weighted by Gasteiger charge is -2.34. The van der Waals surface area contributed by atoms with Gasteiger partial charge >= 0.3 is 0 Å². The molecule has 0 radical (unpaired) electrons. The molecule has 4 heteroatoms. The van der Waals surface area contributed by atoms with Crippen LogP contribution in [0.4, 0.5) is 0 Å². The maximum Gasteiger partial charge on any atom is 0.234 e. The smallest absolute Gasteiger partial charge is 0.234 e. The van der Waals surface area contributed by atoms with Gasteiger partial charge in [0.15, 0.2) is 0 Å². The van der Waals surface area contributed by atoms with Gasteiger partial charge in [0.05, 0.1) is 6.54 Å². The Morgan fingerprint density at radius 3 is 2.25 bits per heavy atom. The van der Waals surface area contributed by atoms with Crippen LogP contribution in [-0.4, -0.2) is 35.0 Å². The SMILES string of the molecule is CC1c2cccn2CCN1CC(=O)NCC(c1ccccc1)c1ccccc1. The molecule has 1 unspecified atom stereocenters. The molecule has 0 spiro atoms. The summed E-state index contributed by atoms with van der Waals surface area (Å²) < 4.78 is 2.28. The van der Waals surface area contributed by atoms with Gasteiger partial charge in [-0.15, -0.1) is 0 Å².